The SMILES string of the molecule is C#CCOC(=O)Oc1cccc(F)c1. The Hall–Kier alpha value is -2.02. The first-order valence-corrected chi connectivity index (χ1v) is 3.76. The summed E-state index contributed by atoms with van der Waals surface area (Å²) >= 11 is 0. The topological polar surface area (TPSA) is 35.5 Å². The Bertz CT molecular complexity index is 368. The first-order chi connectivity index (χ1) is 6.72. The summed E-state index contributed by atoms with van der Waals surface area (Å²) in [5.74, 6) is 1.68. The summed E-state index contributed by atoms with van der Waals surface area (Å²) in [6.45, 7) is -0.172. The molecule has 72 valence electrons. The van der Waals surface area contributed by atoms with Crippen molar-refractivity contribution in [3.8, 4) is 18.1 Å². The lowest BCUT2D eigenvalue weighted by Crippen LogP contribution is -2.10. The molecular weight excluding hydrogens is 187 g/mol. The van der Waals surface area contributed by atoms with Gasteiger partial charge in [0.25, 0.3) is 0 Å². The van der Waals surface area contributed by atoms with Crippen LogP contribution >= 0.6 is 0 Å². The van der Waals surface area contributed by atoms with Crippen molar-refractivity contribution < 1.29 is 18.7 Å². The van der Waals surface area contributed by atoms with Gasteiger partial charge in [0.15, 0.2) is 6.61 Å². The fourth-order valence-electron chi connectivity index (χ4n) is 0.757. The third-order valence-electron chi connectivity index (χ3n) is 1.27. The highest BCUT2D eigenvalue weighted by molar-refractivity contribution is 5.63. The molecule has 1 rings (SSSR count). The Morgan fingerprint density at radius 3 is 3.00 bits per heavy atom. The van der Waals surface area contributed by atoms with Gasteiger partial charge in [0.2, 0.25) is 0 Å². The van der Waals surface area contributed by atoms with Crippen LogP contribution in [0, 0.1) is 18.2 Å². The van der Waals surface area contributed by atoms with E-state index in [0.29, 0.717) is 0 Å². The Morgan fingerprint density at radius 1 is 1.57 bits per heavy atom. The number of carbonyl (C=O) groups excluding carboxylic acids is 1. The van der Waals surface area contributed by atoms with Gasteiger partial charge in [-0.3, -0.25) is 0 Å². The van der Waals surface area contributed by atoms with Crippen molar-refractivity contribution in [2.24, 2.45) is 0 Å². The minimum atomic E-state index is -0.950. The molecule has 1 aromatic rings. The van der Waals surface area contributed by atoms with Crippen LogP contribution in [0.5, 0.6) is 5.75 Å². The molecule has 0 bridgehead atoms. The summed E-state index contributed by atoms with van der Waals surface area (Å²) in [7, 11) is 0. The molecule has 0 N–H and O–H groups in total. The van der Waals surface area contributed by atoms with Crippen LogP contribution in [0.2, 0.25) is 0 Å². The van der Waals surface area contributed by atoms with Crippen molar-refractivity contribution in [1.82, 2.24) is 0 Å². The van der Waals surface area contributed by atoms with Crippen molar-refractivity contribution >= 4 is 6.16 Å². The smallest absolute Gasteiger partial charge is 0.421 e. The van der Waals surface area contributed by atoms with Crippen LogP contribution in [0.25, 0.3) is 0 Å². The van der Waals surface area contributed by atoms with Gasteiger partial charge >= 0.3 is 6.16 Å². The minimum absolute atomic E-state index is 0.0759. The molecule has 0 aliphatic carbocycles. The Balaban J connectivity index is 2.53. The normalized spacial score (nSPS) is 8.86. The summed E-state index contributed by atoms with van der Waals surface area (Å²) in [4.78, 5) is 10.8. The Morgan fingerprint density at radius 2 is 2.36 bits per heavy atom. The van der Waals surface area contributed by atoms with E-state index < -0.39 is 12.0 Å². The Kier molecular flexibility index (Phi) is 3.50. The number of hydrogen-bond donors (Lipinski definition) is 0. The van der Waals surface area contributed by atoms with Gasteiger partial charge in [0.1, 0.15) is 11.6 Å². The molecule has 4 heteroatoms. The molecule has 0 spiro atoms. The van der Waals surface area contributed by atoms with Crippen molar-refractivity contribution in [2.45, 2.75) is 0 Å². The highest BCUT2D eigenvalue weighted by atomic mass is 19.1. The van der Waals surface area contributed by atoms with Crippen LogP contribution in [0.4, 0.5) is 9.18 Å². The second-order valence-electron chi connectivity index (χ2n) is 2.30. The lowest BCUT2D eigenvalue weighted by Gasteiger charge is -2.02. The highest BCUT2D eigenvalue weighted by Crippen LogP contribution is 2.12. The summed E-state index contributed by atoms with van der Waals surface area (Å²) < 4.78 is 21.6. The zero-order valence-electron chi connectivity index (χ0n) is 7.20. The third-order valence-corrected chi connectivity index (χ3v) is 1.27. The summed E-state index contributed by atoms with van der Waals surface area (Å²) in [5, 5.41) is 0. The number of ether oxygens (including phenoxy) is 2. The van der Waals surface area contributed by atoms with Crippen LogP contribution in [-0.4, -0.2) is 12.8 Å². The number of rotatable bonds is 2. The maximum atomic E-state index is 12.6. The van der Waals surface area contributed by atoms with Gasteiger partial charge in [-0.1, -0.05) is 12.0 Å². The van der Waals surface area contributed by atoms with E-state index in [4.69, 9.17) is 6.42 Å². The molecule has 0 amide bonds. The molecule has 0 fully saturated rings. The quantitative estimate of drug-likeness (QED) is 0.410. The van der Waals surface area contributed by atoms with E-state index in [2.05, 4.69) is 15.4 Å². The summed E-state index contributed by atoms with van der Waals surface area (Å²) in [5.41, 5.74) is 0. The fourth-order valence-corrected chi connectivity index (χ4v) is 0.757. The predicted octanol–water partition coefficient (Wildman–Crippen LogP) is 1.97. The van der Waals surface area contributed by atoms with E-state index in [1.165, 1.54) is 18.2 Å². The average molecular weight is 194 g/mol. The largest absolute Gasteiger partial charge is 0.514 e. The van der Waals surface area contributed by atoms with Gasteiger partial charge in [-0.05, 0) is 12.1 Å². The molecule has 0 radical (unpaired) electrons. The minimum Gasteiger partial charge on any atom is -0.421 e. The van der Waals surface area contributed by atoms with Gasteiger partial charge < -0.3 is 9.47 Å². The molecule has 3 nitrogen and oxygen atoms in total. The van der Waals surface area contributed by atoms with Gasteiger partial charge in [-0.15, -0.1) is 6.42 Å². The monoisotopic (exact) mass is 194 g/mol. The molecule has 0 saturated carbocycles. The molecular formula is C10H7FO3. The molecule has 1 aromatic carbocycles. The van der Waals surface area contributed by atoms with Gasteiger partial charge in [-0.2, -0.15) is 0 Å². The van der Waals surface area contributed by atoms with E-state index in [-0.39, 0.29) is 12.4 Å². The first-order valence-electron chi connectivity index (χ1n) is 3.76. The zero-order chi connectivity index (χ0) is 10.4. The highest BCUT2D eigenvalue weighted by Gasteiger charge is 2.05. The number of terminal acetylenes is 1. The maximum absolute atomic E-state index is 12.6. The average Bonchev–Trinajstić information content (AvgIpc) is 2.15. The van der Waals surface area contributed by atoms with Crippen LogP contribution in [0.3, 0.4) is 0 Å². The molecule has 0 aromatic heterocycles. The van der Waals surface area contributed by atoms with Crippen LogP contribution < -0.4 is 4.74 Å². The second-order valence-corrected chi connectivity index (χ2v) is 2.30. The number of benzene rings is 1. The predicted molar refractivity (Wildman–Crippen MR) is 47.2 cm³/mol. The molecule has 14 heavy (non-hydrogen) atoms. The standard InChI is InChI=1S/C10H7FO3/c1-2-6-13-10(12)14-9-5-3-4-8(11)7-9/h1,3-5,7H,6H2. The van der Waals surface area contributed by atoms with E-state index in [1.54, 1.807) is 0 Å². The number of carbonyl (C=O) groups is 1. The number of hydrogen-bond acceptors (Lipinski definition) is 3. The molecule has 0 heterocycles. The van der Waals surface area contributed by atoms with E-state index in [1.807, 2.05) is 0 Å². The second kappa shape index (κ2) is 4.87. The first kappa shape index (κ1) is 10.1. The van der Waals surface area contributed by atoms with Crippen molar-refractivity contribution in [1.29, 1.82) is 0 Å². The summed E-state index contributed by atoms with van der Waals surface area (Å²) in [6.07, 6.45) is 3.90. The third kappa shape index (κ3) is 3.15. The van der Waals surface area contributed by atoms with Gasteiger partial charge in [0.05, 0.1) is 0 Å². The van der Waals surface area contributed by atoms with Gasteiger partial charge in [-0.25, -0.2) is 9.18 Å². The molecule has 0 saturated heterocycles. The van der Waals surface area contributed by atoms with Crippen LogP contribution in [0.15, 0.2) is 24.3 Å². The lowest BCUT2D eigenvalue weighted by atomic mass is 10.3. The van der Waals surface area contributed by atoms with Crippen LogP contribution in [-0.2, 0) is 4.74 Å². The zero-order valence-corrected chi connectivity index (χ0v) is 7.20. The lowest BCUT2D eigenvalue weighted by molar-refractivity contribution is 0.111. The van der Waals surface area contributed by atoms with Crippen LogP contribution in [0.1, 0.15) is 0 Å². The van der Waals surface area contributed by atoms with Crippen molar-refractivity contribution in [3.63, 3.8) is 0 Å². The van der Waals surface area contributed by atoms with Crippen molar-refractivity contribution in [3.05, 3.63) is 30.1 Å². The molecule has 0 unspecified atom stereocenters. The van der Waals surface area contributed by atoms with E-state index in [9.17, 15) is 9.18 Å². The summed E-state index contributed by atoms with van der Waals surface area (Å²) in [6, 6.07) is 5.15. The molecule has 0 atom stereocenters. The Labute approximate surface area is 80.4 Å². The van der Waals surface area contributed by atoms with E-state index in [0.717, 1.165) is 6.07 Å². The molecule has 0 aliphatic heterocycles. The number of halogens is 1. The maximum Gasteiger partial charge on any atom is 0.514 e. The van der Waals surface area contributed by atoms with E-state index >= 15 is 0 Å². The van der Waals surface area contributed by atoms with Crippen molar-refractivity contribution in [2.75, 3.05) is 6.61 Å². The molecule has 0 aliphatic rings. The van der Waals surface area contributed by atoms with Gasteiger partial charge in [0, 0.05) is 6.07 Å². The fraction of sp³-hybridized carbons (Fsp3) is 0.100.